The van der Waals surface area contributed by atoms with Gasteiger partial charge in [-0.25, -0.2) is 4.39 Å². The van der Waals surface area contributed by atoms with Gasteiger partial charge in [-0.05, 0) is 28.4 Å². The molecule has 0 amide bonds. The van der Waals surface area contributed by atoms with Gasteiger partial charge in [0.05, 0.1) is 22.5 Å². The molecule has 5 heteroatoms. The van der Waals surface area contributed by atoms with Crippen LogP contribution in [0.25, 0.3) is 0 Å². The van der Waals surface area contributed by atoms with Gasteiger partial charge >= 0.3 is 0 Å². The van der Waals surface area contributed by atoms with E-state index >= 15 is 0 Å². The fourth-order valence-electron chi connectivity index (χ4n) is 1.57. The predicted molar refractivity (Wildman–Crippen MR) is 68.1 cm³/mol. The SMILES string of the molecule is CCCN(CCO)c1cc(Br)c(F)cc1N. The first-order chi connectivity index (χ1) is 7.60. The van der Waals surface area contributed by atoms with Gasteiger partial charge in [-0.3, -0.25) is 0 Å². The summed E-state index contributed by atoms with van der Waals surface area (Å²) < 4.78 is 13.6. The van der Waals surface area contributed by atoms with E-state index in [1.165, 1.54) is 6.07 Å². The molecule has 3 N–H and O–H groups in total. The molecular formula is C11H16BrFN2O. The highest BCUT2D eigenvalue weighted by Crippen LogP contribution is 2.29. The number of rotatable bonds is 5. The molecule has 1 rings (SSSR count). The van der Waals surface area contributed by atoms with Gasteiger partial charge in [-0.2, -0.15) is 0 Å². The van der Waals surface area contributed by atoms with E-state index in [-0.39, 0.29) is 12.4 Å². The first-order valence-corrected chi connectivity index (χ1v) is 5.99. The highest BCUT2D eigenvalue weighted by molar-refractivity contribution is 9.10. The van der Waals surface area contributed by atoms with E-state index in [4.69, 9.17) is 10.8 Å². The Labute approximate surface area is 103 Å². The van der Waals surface area contributed by atoms with Crippen LogP contribution < -0.4 is 10.6 Å². The summed E-state index contributed by atoms with van der Waals surface area (Å²) in [6.07, 6.45) is 0.939. The zero-order valence-corrected chi connectivity index (χ0v) is 10.8. The Morgan fingerprint density at radius 1 is 1.44 bits per heavy atom. The number of aliphatic hydroxyl groups excluding tert-OH is 1. The molecule has 0 aliphatic rings. The molecule has 0 atom stereocenters. The van der Waals surface area contributed by atoms with E-state index in [2.05, 4.69) is 15.9 Å². The lowest BCUT2D eigenvalue weighted by Gasteiger charge is -2.25. The second-order valence-corrected chi connectivity index (χ2v) is 4.39. The van der Waals surface area contributed by atoms with Crippen molar-refractivity contribution in [2.24, 2.45) is 0 Å². The topological polar surface area (TPSA) is 49.5 Å². The van der Waals surface area contributed by atoms with Gasteiger partial charge in [0.2, 0.25) is 0 Å². The van der Waals surface area contributed by atoms with Crippen molar-refractivity contribution in [1.82, 2.24) is 0 Å². The predicted octanol–water partition coefficient (Wildman–Crippen LogP) is 2.38. The quantitative estimate of drug-likeness (QED) is 0.819. The number of nitrogens with zero attached hydrogens (tertiary/aromatic N) is 1. The summed E-state index contributed by atoms with van der Waals surface area (Å²) in [4.78, 5) is 1.94. The monoisotopic (exact) mass is 290 g/mol. The summed E-state index contributed by atoms with van der Waals surface area (Å²) in [5.41, 5.74) is 6.91. The smallest absolute Gasteiger partial charge is 0.139 e. The third kappa shape index (κ3) is 3.09. The molecule has 16 heavy (non-hydrogen) atoms. The minimum absolute atomic E-state index is 0.0500. The van der Waals surface area contributed by atoms with Gasteiger partial charge in [-0.1, -0.05) is 6.92 Å². The van der Waals surface area contributed by atoms with Crippen molar-refractivity contribution in [3.8, 4) is 0 Å². The first-order valence-electron chi connectivity index (χ1n) is 5.20. The molecule has 0 radical (unpaired) electrons. The van der Waals surface area contributed by atoms with Crippen molar-refractivity contribution >= 4 is 27.3 Å². The maximum absolute atomic E-state index is 13.2. The molecule has 90 valence electrons. The number of hydrogen-bond acceptors (Lipinski definition) is 3. The molecule has 0 heterocycles. The van der Waals surface area contributed by atoms with Crippen LogP contribution in [0.1, 0.15) is 13.3 Å². The average molecular weight is 291 g/mol. The molecule has 0 spiro atoms. The maximum Gasteiger partial charge on any atom is 0.139 e. The fourth-order valence-corrected chi connectivity index (χ4v) is 1.90. The van der Waals surface area contributed by atoms with Crippen LogP contribution in [0.15, 0.2) is 16.6 Å². The molecule has 0 aliphatic heterocycles. The van der Waals surface area contributed by atoms with Crippen molar-refractivity contribution in [2.45, 2.75) is 13.3 Å². The van der Waals surface area contributed by atoms with Gasteiger partial charge in [0.15, 0.2) is 0 Å². The number of halogens is 2. The lowest BCUT2D eigenvalue weighted by molar-refractivity contribution is 0.302. The molecule has 0 bridgehead atoms. The number of benzene rings is 1. The fraction of sp³-hybridized carbons (Fsp3) is 0.455. The molecule has 0 saturated heterocycles. The second kappa shape index (κ2) is 6.06. The van der Waals surface area contributed by atoms with Crippen LogP contribution in [0.3, 0.4) is 0 Å². The summed E-state index contributed by atoms with van der Waals surface area (Å²) in [5, 5.41) is 8.97. The Balaban J connectivity index is 3.03. The molecule has 0 saturated carbocycles. The molecule has 0 aliphatic carbocycles. The normalized spacial score (nSPS) is 10.5. The number of anilines is 2. The Bertz CT molecular complexity index is 354. The van der Waals surface area contributed by atoms with Crippen LogP contribution >= 0.6 is 15.9 Å². The average Bonchev–Trinajstić information content (AvgIpc) is 2.23. The summed E-state index contributed by atoms with van der Waals surface area (Å²) in [6, 6.07) is 2.94. The van der Waals surface area contributed by atoms with Gasteiger partial charge in [-0.15, -0.1) is 0 Å². The molecule has 3 nitrogen and oxygen atoms in total. The third-order valence-corrected chi connectivity index (χ3v) is 2.88. The summed E-state index contributed by atoms with van der Waals surface area (Å²) in [5.74, 6) is -0.373. The molecule has 0 unspecified atom stereocenters. The van der Waals surface area contributed by atoms with E-state index in [0.717, 1.165) is 18.7 Å². The Kier molecular flexibility index (Phi) is 5.02. The number of hydrogen-bond donors (Lipinski definition) is 2. The van der Waals surface area contributed by atoms with E-state index in [0.29, 0.717) is 16.7 Å². The molecule has 0 aromatic heterocycles. The number of nitrogen functional groups attached to an aromatic ring is 1. The molecule has 1 aromatic carbocycles. The van der Waals surface area contributed by atoms with Crippen LogP contribution in [-0.2, 0) is 0 Å². The van der Waals surface area contributed by atoms with E-state index in [1.807, 2.05) is 11.8 Å². The zero-order valence-electron chi connectivity index (χ0n) is 9.21. The Morgan fingerprint density at radius 2 is 2.12 bits per heavy atom. The Morgan fingerprint density at radius 3 is 2.69 bits per heavy atom. The van der Waals surface area contributed by atoms with Crippen LogP contribution in [0.5, 0.6) is 0 Å². The van der Waals surface area contributed by atoms with Crippen molar-refractivity contribution in [1.29, 1.82) is 0 Å². The number of aliphatic hydroxyl groups is 1. The first kappa shape index (κ1) is 13.3. The summed E-state index contributed by atoms with van der Waals surface area (Å²) in [6.45, 7) is 3.37. The number of nitrogens with two attached hydrogens (primary N) is 1. The highest BCUT2D eigenvalue weighted by Gasteiger charge is 2.11. The lowest BCUT2D eigenvalue weighted by Crippen LogP contribution is -2.28. The van der Waals surface area contributed by atoms with E-state index in [1.54, 1.807) is 6.07 Å². The molecule has 0 fully saturated rings. The van der Waals surface area contributed by atoms with Gasteiger partial charge < -0.3 is 15.7 Å². The molecule has 1 aromatic rings. The molecular weight excluding hydrogens is 275 g/mol. The van der Waals surface area contributed by atoms with E-state index < -0.39 is 0 Å². The van der Waals surface area contributed by atoms with Crippen molar-refractivity contribution < 1.29 is 9.50 Å². The largest absolute Gasteiger partial charge is 0.397 e. The van der Waals surface area contributed by atoms with Crippen molar-refractivity contribution in [3.63, 3.8) is 0 Å². The van der Waals surface area contributed by atoms with Crippen molar-refractivity contribution in [3.05, 3.63) is 22.4 Å². The van der Waals surface area contributed by atoms with Crippen molar-refractivity contribution in [2.75, 3.05) is 30.3 Å². The van der Waals surface area contributed by atoms with Crippen LogP contribution in [0.2, 0.25) is 0 Å². The lowest BCUT2D eigenvalue weighted by atomic mass is 10.2. The van der Waals surface area contributed by atoms with Gasteiger partial charge in [0, 0.05) is 19.2 Å². The minimum atomic E-state index is -0.373. The van der Waals surface area contributed by atoms with Crippen LogP contribution in [0, 0.1) is 5.82 Å². The zero-order chi connectivity index (χ0) is 12.1. The van der Waals surface area contributed by atoms with Gasteiger partial charge in [0.25, 0.3) is 0 Å². The van der Waals surface area contributed by atoms with E-state index in [9.17, 15) is 4.39 Å². The second-order valence-electron chi connectivity index (χ2n) is 3.54. The third-order valence-electron chi connectivity index (χ3n) is 2.27. The standard InChI is InChI=1S/C11H16BrFN2O/c1-2-3-15(4-5-16)11-6-8(12)9(13)7-10(11)14/h6-7,16H,2-5,14H2,1H3. The highest BCUT2D eigenvalue weighted by atomic mass is 79.9. The summed E-state index contributed by atoms with van der Waals surface area (Å²) >= 11 is 3.13. The van der Waals surface area contributed by atoms with Gasteiger partial charge in [0.1, 0.15) is 5.82 Å². The van der Waals surface area contributed by atoms with Crippen LogP contribution in [-0.4, -0.2) is 24.8 Å². The Hall–Kier alpha value is -0.810. The van der Waals surface area contributed by atoms with Crippen LogP contribution in [0.4, 0.5) is 15.8 Å². The minimum Gasteiger partial charge on any atom is -0.397 e. The summed E-state index contributed by atoms with van der Waals surface area (Å²) in [7, 11) is 0. The maximum atomic E-state index is 13.2.